The lowest BCUT2D eigenvalue weighted by molar-refractivity contribution is -0.0784. The molecule has 2 rings (SSSR count). The maximum absolute atomic E-state index is 8.76. The number of aromatic nitrogens is 1. The van der Waals surface area contributed by atoms with Crippen LogP contribution in [0.25, 0.3) is 0 Å². The average molecular weight is 408 g/mol. The molecule has 2 heterocycles. The first-order chi connectivity index (χ1) is 14.0. The zero-order chi connectivity index (χ0) is 21.1. The quantitative estimate of drug-likeness (QED) is 0.226. The highest BCUT2D eigenvalue weighted by Crippen LogP contribution is 2.22. The number of anilines is 1. The molecule has 3 atom stereocenters. The van der Waals surface area contributed by atoms with Gasteiger partial charge in [0.05, 0.1) is 25.9 Å². The van der Waals surface area contributed by atoms with Crippen molar-refractivity contribution in [2.24, 2.45) is 5.92 Å². The van der Waals surface area contributed by atoms with Crippen LogP contribution in [0.2, 0.25) is 0 Å². The fraction of sp³-hybridized carbons (Fsp3) is 0.714. The summed E-state index contributed by atoms with van der Waals surface area (Å²) in [4.78, 5) is 9.48. The molecular weight excluding hydrogens is 370 g/mol. The highest BCUT2D eigenvalue weighted by Gasteiger charge is 2.26. The highest BCUT2D eigenvalue weighted by molar-refractivity contribution is 6.03. The third-order valence-corrected chi connectivity index (χ3v) is 4.96. The first kappa shape index (κ1) is 23.7. The number of hydrogen-bond acceptors (Lipinski definition) is 8. The van der Waals surface area contributed by atoms with Gasteiger partial charge < -0.3 is 30.4 Å². The average Bonchev–Trinajstić information content (AvgIpc) is 2.72. The Kier molecular flexibility index (Phi) is 10.5. The second-order valence-corrected chi connectivity index (χ2v) is 7.48. The van der Waals surface area contributed by atoms with Gasteiger partial charge in [0.15, 0.2) is 0 Å². The number of ether oxygens (including phenoxy) is 2. The molecule has 1 saturated heterocycles. The zero-order valence-electron chi connectivity index (χ0n) is 18.2. The van der Waals surface area contributed by atoms with E-state index in [2.05, 4.69) is 28.0 Å². The van der Waals surface area contributed by atoms with E-state index in [1.807, 2.05) is 26.0 Å². The van der Waals surface area contributed by atoms with Crippen LogP contribution < -0.4 is 16.1 Å². The molecule has 0 amide bonds. The summed E-state index contributed by atoms with van der Waals surface area (Å²) in [5.74, 6) is 0.837. The molecule has 0 bridgehead atoms. The van der Waals surface area contributed by atoms with Gasteiger partial charge in [-0.2, -0.15) is 0 Å². The second kappa shape index (κ2) is 12.9. The van der Waals surface area contributed by atoms with Crippen molar-refractivity contribution in [3.63, 3.8) is 0 Å². The fourth-order valence-electron chi connectivity index (χ4n) is 3.42. The molecule has 8 nitrogen and oxygen atoms in total. The Hall–Kier alpha value is -1.58. The second-order valence-electron chi connectivity index (χ2n) is 7.48. The van der Waals surface area contributed by atoms with E-state index < -0.39 is 0 Å². The molecule has 8 heteroatoms. The Balaban J connectivity index is 1.94. The summed E-state index contributed by atoms with van der Waals surface area (Å²) in [5.41, 5.74) is 5.21. The van der Waals surface area contributed by atoms with Gasteiger partial charge >= 0.3 is 0 Å². The number of hydroxylamine groups is 1. The number of nitrogens with one attached hydrogen (secondary N) is 4. The van der Waals surface area contributed by atoms with E-state index in [0.29, 0.717) is 18.9 Å². The molecule has 0 saturated carbocycles. The SMILES string of the molecule is CCOC[C@@H]1CNC[C@H](CC(C)C(=N)c2ccc(C)nc2NCCCNOC)O1. The van der Waals surface area contributed by atoms with Crippen LogP contribution in [-0.4, -0.2) is 69.4 Å². The Morgan fingerprint density at radius 2 is 2.14 bits per heavy atom. The molecule has 1 aromatic heterocycles. The summed E-state index contributed by atoms with van der Waals surface area (Å²) in [5, 5.41) is 15.6. The van der Waals surface area contributed by atoms with Crippen molar-refractivity contribution in [2.75, 3.05) is 51.8 Å². The Bertz CT molecular complexity index is 628. The van der Waals surface area contributed by atoms with E-state index in [0.717, 1.165) is 56.1 Å². The van der Waals surface area contributed by atoms with Crippen LogP contribution in [0.3, 0.4) is 0 Å². The lowest BCUT2D eigenvalue weighted by atomic mass is 9.92. The van der Waals surface area contributed by atoms with Crippen molar-refractivity contribution >= 4 is 11.5 Å². The van der Waals surface area contributed by atoms with Gasteiger partial charge in [-0.1, -0.05) is 6.92 Å². The summed E-state index contributed by atoms with van der Waals surface area (Å²) >= 11 is 0. The van der Waals surface area contributed by atoms with Crippen molar-refractivity contribution in [3.05, 3.63) is 23.4 Å². The minimum absolute atomic E-state index is 0.0628. The minimum Gasteiger partial charge on any atom is -0.379 e. The highest BCUT2D eigenvalue weighted by atomic mass is 16.6. The van der Waals surface area contributed by atoms with E-state index in [9.17, 15) is 0 Å². The van der Waals surface area contributed by atoms with Crippen LogP contribution in [-0.2, 0) is 14.3 Å². The molecule has 1 aliphatic rings. The normalized spacial score (nSPS) is 20.4. The number of nitrogens with zero attached hydrogens (tertiary/aromatic N) is 1. The van der Waals surface area contributed by atoms with E-state index >= 15 is 0 Å². The summed E-state index contributed by atoms with van der Waals surface area (Å²) in [6.07, 6.45) is 1.85. The maximum Gasteiger partial charge on any atom is 0.135 e. The largest absolute Gasteiger partial charge is 0.379 e. The number of pyridine rings is 1. The standard InChI is InChI=1S/C21H37N5O3/c1-5-28-14-18-13-23-12-17(29-18)11-15(2)20(22)19-8-7-16(3)26-21(19)24-9-6-10-25-27-4/h7-8,15,17-18,22-23,25H,5-6,9-14H2,1-4H3,(H,24,26)/t15?,17-,18-/m0/s1. The molecule has 0 spiro atoms. The first-order valence-electron chi connectivity index (χ1n) is 10.5. The third-order valence-electron chi connectivity index (χ3n) is 4.96. The van der Waals surface area contributed by atoms with Crippen molar-refractivity contribution in [3.8, 4) is 0 Å². The molecule has 164 valence electrons. The molecular formula is C21H37N5O3. The first-order valence-corrected chi connectivity index (χ1v) is 10.5. The molecule has 0 aliphatic carbocycles. The summed E-state index contributed by atoms with van der Waals surface area (Å²) in [6.45, 7) is 10.5. The predicted octanol–water partition coefficient (Wildman–Crippen LogP) is 2.13. The van der Waals surface area contributed by atoms with Crippen LogP contribution in [0.15, 0.2) is 12.1 Å². The molecule has 0 radical (unpaired) electrons. The number of aryl methyl sites for hydroxylation is 1. The van der Waals surface area contributed by atoms with E-state index in [4.69, 9.17) is 19.7 Å². The van der Waals surface area contributed by atoms with Crippen molar-refractivity contribution in [2.45, 2.75) is 45.8 Å². The van der Waals surface area contributed by atoms with Crippen LogP contribution in [0.5, 0.6) is 0 Å². The Morgan fingerprint density at radius 1 is 1.34 bits per heavy atom. The summed E-state index contributed by atoms with van der Waals surface area (Å²) in [6, 6.07) is 3.96. The molecule has 1 unspecified atom stereocenters. The molecule has 1 aromatic rings. The van der Waals surface area contributed by atoms with Crippen LogP contribution >= 0.6 is 0 Å². The lowest BCUT2D eigenvalue weighted by Gasteiger charge is -2.32. The van der Waals surface area contributed by atoms with Gasteiger partial charge in [-0.25, -0.2) is 10.5 Å². The van der Waals surface area contributed by atoms with Crippen molar-refractivity contribution < 1.29 is 14.3 Å². The van der Waals surface area contributed by atoms with E-state index in [-0.39, 0.29) is 18.1 Å². The van der Waals surface area contributed by atoms with Gasteiger partial charge in [-0.15, -0.1) is 0 Å². The van der Waals surface area contributed by atoms with Crippen molar-refractivity contribution in [1.82, 2.24) is 15.8 Å². The van der Waals surface area contributed by atoms with Crippen molar-refractivity contribution in [1.29, 1.82) is 5.41 Å². The van der Waals surface area contributed by atoms with Gasteiger partial charge in [0.25, 0.3) is 0 Å². The topological polar surface area (TPSA) is 101 Å². The monoisotopic (exact) mass is 407 g/mol. The van der Waals surface area contributed by atoms with Crippen LogP contribution in [0.1, 0.15) is 37.9 Å². The Morgan fingerprint density at radius 3 is 2.90 bits per heavy atom. The smallest absolute Gasteiger partial charge is 0.135 e. The lowest BCUT2D eigenvalue weighted by Crippen LogP contribution is -2.47. The van der Waals surface area contributed by atoms with E-state index in [1.165, 1.54) is 0 Å². The zero-order valence-corrected chi connectivity index (χ0v) is 18.2. The number of rotatable bonds is 13. The fourth-order valence-corrected chi connectivity index (χ4v) is 3.42. The third kappa shape index (κ3) is 7.98. The van der Waals surface area contributed by atoms with Gasteiger partial charge in [0.1, 0.15) is 5.82 Å². The molecule has 1 aliphatic heterocycles. The maximum atomic E-state index is 8.76. The molecule has 29 heavy (non-hydrogen) atoms. The van der Waals surface area contributed by atoms with Gasteiger partial charge in [-0.3, -0.25) is 0 Å². The number of morpholine rings is 1. The van der Waals surface area contributed by atoms with Gasteiger partial charge in [0.2, 0.25) is 0 Å². The summed E-state index contributed by atoms with van der Waals surface area (Å²) in [7, 11) is 1.61. The number of hydrogen-bond donors (Lipinski definition) is 4. The Labute approximate surface area is 174 Å². The van der Waals surface area contributed by atoms with Gasteiger partial charge in [-0.05, 0) is 38.8 Å². The predicted molar refractivity (Wildman–Crippen MR) is 116 cm³/mol. The molecule has 1 fully saturated rings. The molecule has 4 N–H and O–H groups in total. The van der Waals surface area contributed by atoms with Crippen LogP contribution in [0.4, 0.5) is 5.82 Å². The summed E-state index contributed by atoms with van der Waals surface area (Å²) < 4.78 is 11.7. The minimum atomic E-state index is 0.0628. The van der Waals surface area contributed by atoms with Crippen LogP contribution in [0, 0.1) is 18.3 Å². The van der Waals surface area contributed by atoms with E-state index in [1.54, 1.807) is 7.11 Å². The molecule has 0 aromatic carbocycles. The van der Waals surface area contributed by atoms with Gasteiger partial charge in [0, 0.05) is 55.7 Å².